The third-order valence-electron chi connectivity index (χ3n) is 8.22. The summed E-state index contributed by atoms with van der Waals surface area (Å²) in [6.45, 7) is 4.61. The van der Waals surface area contributed by atoms with E-state index in [1.54, 1.807) is 6.08 Å². The number of quaternary nitrogens is 1. The zero-order valence-corrected chi connectivity index (χ0v) is 33.5. The molecule has 290 valence electrons. The number of hydrogen-bond donors (Lipinski definition) is 3. The highest BCUT2D eigenvalue weighted by Crippen LogP contribution is 2.43. The summed E-state index contributed by atoms with van der Waals surface area (Å²) in [5, 5.41) is 13.7. The topological polar surface area (TPSA) is 105 Å². The molecular weight excluding hydrogens is 647 g/mol. The van der Waals surface area contributed by atoms with Gasteiger partial charge in [-0.2, -0.15) is 0 Å². The van der Waals surface area contributed by atoms with Crippen molar-refractivity contribution < 1.29 is 32.9 Å². The normalized spacial score (nSPS) is 15.3. The molecule has 0 aromatic carbocycles. The fourth-order valence-electron chi connectivity index (χ4n) is 5.07. The molecule has 0 aliphatic rings. The Morgan fingerprint density at radius 2 is 1.22 bits per heavy atom. The molecule has 0 spiro atoms. The zero-order chi connectivity index (χ0) is 37.2. The van der Waals surface area contributed by atoms with Crippen LogP contribution in [0.25, 0.3) is 0 Å². The fraction of sp³-hybridized carbons (Fsp3) is 0.732. The van der Waals surface area contributed by atoms with Crippen LogP contribution >= 0.6 is 7.82 Å². The number of phosphoric acid groups is 1. The van der Waals surface area contributed by atoms with Gasteiger partial charge in [0.1, 0.15) is 13.2 Å². The average molecular weight is 724 g/mol. The van der Waals surface area contributed by atoms with Crippen LogP contribution in [-0.4, -0.2) is 73.4 Å². The van der Waals surface area contributed by atoms with E-state index in [-0.39, 0.29) is 19.1 Å². The highest BCUT2D eigenvalue weighted by atomic mass is 31.2. The minimum absolute atomic E-state index is 0.0511. The summed E-state index contributed by atoms with van der Waals surface area (Å²) < 4.78 is 23.4. The first kappa shape index (κ1) is 48.2. The number of unbranched alkanes of at least 4 members (excludes halogenated alkanes) is 13. The molecule has 1 amide bonds. The van der Waals surface area contributed by atoms with Crippen molar-refractivity contribution in [3.05, 3.63) is 60.8 Å². The van der Waals surface area contributed by atoms with Gasteiger partial charge in [0, 0.05) is 6.42 Å². The molecule has 0 saturated carbocycles. The number of amides is 1. The lowest BCUT2D eigenvalue weighted by atomic mass is 10.1. The van der Waals surface area contributed by atoms with Crippen molar-refractivity contribution in [2.24, 2.45) is 0 Å². The van der Waals surface area contributed by atoms with E-state index in [2.05, 4.69) is 67.8 Å². The highest BCUT2D eigenvalue weighted by Gasteiger charge is 2.27. The van der Waals surface area contributed by atoms with E-state index in [1.165, 1.54) is 51.4 Å². The number of aliphatic hydroxyl groups is 1. The predicted molar refractivity (Wildman–Crippen MR) is 212 cm³/mol. The van der Waals surface area contributed by atoms with Crippen LogP contribution in [0.4, 0.5) is 0 Å². The second-order valence-corrected chi connectivity index (χ2v) is 15.7. The largest absolute Gasteiger partial charge is 0.472 e. The Morgan fingerprint density at radius 3 is 1.84 bits per heavy atom. The van der Waals surface area contributed by atoms with Gasteiger partial charge in [0.05, 0.1) is 39.9 Å². The lowest BCUT2D eigenvalue weighted by Crippen LogP contribution is -2.45. The van der Waals surface area contributed by atoms with Crippen molar-refractivity contribution >= 4 is 13.7 Å². The van der Waals surface area contributed by atoms with Gasteiger partial charge < -0.3 is 19.8 Å². The van der Waals surface area contributed by atoms with Crippen LogP contribution in [0.15, 0.2) is 60.8 Å². The van der Waals surface area contributed by atoms with Gasteiger partial charge in [-0.25, -0.2) is 4.57 Å². The molecule has 0 aliphatic carbocycles. The van der Waals surface area contributed by atoms with Crippen molar-refractivity contribution in [1.82, 2.24) is 5.32 Å². The van der Waals surface area contributed by atoms with Crippen LogP contribution in [0.2, 0.25) is 0 Å². The first-order valence-electron chi connectivity index (χ1n) is 19.7. The summed E-state index contributed by atoms with van der Waals surface area (Å²) in [4.78, 5) is 23.0. The molecule has 9 heteroatoms. The van der Waals surface area contributed by atoms with Crippen LogP contribution in [0.3, 0.4) is 0 Å². The van der Waals surface area contributed by atoms with Gasteiger partial charge in [0.2, 0.25) is 5.91 Å². The second kappa shape index (κ2) is 33.1. The van der Waals surface area contributed by atoms with E-state index in [9.17, 15) is 19.4 Å². The van der Waals surface area contributed by atoms with Crippen molar-refractivity contribution in [1.29, 1.82) is 0 Å². The quantitative estimate of drug-likeness (QED) is 0.0264. The number of nitrogens with one attached hydrogen (secondary N) is 1. The van der Waals surface area contributed by atoms with Gasteiger partial charge in [-0.05, 0) is 64.2 Å². The summed E-state index contributed by atoms with van der Waals surface area (Å²) in [7, 11) is 1.53. The number of likely N-dealkylation sites (N-methyl/N-ethyl adjacent to an activating group) is 1. The number of carbonyl (C=O) groups is 1. The maximum atomic E-state index is 12.8. The molecule has 0 aromatic rings. The van der Waals surface area contributed by atoms with E-state index in [1.807, 2.05) is 27.2 Å². The Kier molecular flexibility index (Phi) is 31.9. The molecule has 50 heavy (non-hydrogen) atoms. The third kappa shape index (κ3) is 34.6. The Labute approximate surface area is 307 Å². The summed E-state index contributed by atoms with van der Waals surface area (Å²) in [5.74, 6) is -0.203. The zero-order valence-electron chi connectivity index (χ0n) is 32.6. The maximum Gasteiger partial charge on any atom is 0.472 e. The van der Waals surface area contributed by atoms with E-state index in [0.29, 0.717) is 17.4 Å². The van der Waals surface area contributed by atoms with Gasteiger partial charge in [0.15, 0.2) is 0 Å². The second-order valence-electron chi connectivity index (χ2n) is 14.3. The van der Waals surface area contributed by atoms with Gasteiger partial charge >= 0.3 is 7.82 Å². The molecule has 0 heterocycles. The SMILES string of the molecule is CC/C=C\C/C=C\C/C=C\CCCCCCCCCC(=O)NC(COP(=O)(O)OCC[N+](C)(C)C)C(O)/C=C/CC/C=C/CCCCCCC. The summed E-state index contributed by atoms with van der Waals surface area (Å²) in [5.41, 5.74) is 0. The van der Waals surface area contributed by atoms with E-state index < -0.39 is 20.0 Å². The van der Waals surface area contributed by atoms with Gasteiger partial charge in [-0.3, -0.25) is 13.8 Å². The molecule has 0 fully saturated rings. The number of rotatable bonds is 34. The van der Waals surface area contributed by atoms with Gasteiger partial charge in [0.25, 0.3) is 0 Å². The Morgan fingerprint density at radius 1 is 0.700 bits per heavy atom. The smallest absolute Gasteiger partial charge is 0.387 e. The number of phosphoric ester groups is 1. The Bertz CT molecular complexity index is 1000. The number of allylic oxidation sites excluding steroid dienone is 9. The summed E-state index contributed by atoms with van der Waals surface area (Å²) in [6, 6.07) is -0.868. The number of aliphatic hydroxyl groups excluding tert-OH is 1. The number of hydrogen-bond acceptors (Lipinski definition) is 5. The molecule has 0 aromatic heterocycles. The highest BCUT2D eigenvalue weighted by molar-refractivity contribution is 7.47. The molecule has 0 bridgehead atoms. The van der Waals surface area contributed by atoms with Gasteiger partial charge in [-0.1, -0.05) is 132 Å². The van der Waals surface area contributed by atoms with E-state index >= 15 is 0 Å². The summed E-state index contributed by atoms with van der Waals surface area (Å²) >= 11 is 0. The van der Waals surface area contributed by atoms with E-state index in [0.717, 1.165) is 70.6 Å². The lowest BCUT2D eigenvalue weighted by molar-refractivity contribution is -0.870. The van der Waals surface area contributed by atoms with Gasteiger partial charge in [-0.15, -0.1) is 0 Å². The van der Waals surface area contributed by atoms with Crippen LogP contribution in [-0.2, 0) is 18.4 Å². The molecular formula is C41H76N2O6P+. The number of carbonyl (C=O) groups excluding carboxylic acids is 1. The molecule has 3 N–H and O–H groups in total. The van der Waals surface area contributed by atoms with Crippen LogP contribution in [0.1, 0.15) is 142 Å². The van der Waals surface area contributed by atoms with Crippen LogP contribution < -0.4 is 5.32 Å². The van der Waals surface area contributed by atoms with Crippen molar-refractivity contribution in [2.75, 3.05) is 40.9 Å². The first-order valence-corrected chi connectivity index (χ1v) is 21.2. The molecule has 0 saturated heterocycles. The fourth-order valence-corrected chi connectivity index (χ4v) is 5.80. The standard InChI is InChI=1S/C41H75N2O6P/c1-6-8-10-12-14-16-18-19-20-21-22-23-25-27-29-31-33-35-41(45)42-39(38-49-50(46,47)48-37-36-43(3,4)5)40(44)34-32-30-28-26-24-17-15-13-11-9-7-2/h8,10,14,16,19-20,24,26,32,34,39-40,44H,6-7,9,11-13,15,17-18,21-23,25,27-31,33,35-38H2,1-5H3,(H-,42,45,46,47)/p+1/b10-8-,16-14-,20-19-,26-24+,34-32+. The van der Waals surface area contributed by atoms with Crippen LogP contribution in [0.5, 0.6) is 0 Å². The molecule has 0 rings (SSSR count). The maximum absolute atomic E-state index is 12.8. The first-order chi connectivity index (χ1) is 24.0. The Hall–Kier alpha value is -1.80. The van der Waals surface area contributed by atoms with Crippen molar-refractivity contribution in [3.63, 3.8) is 0 Å². The minimum Gasteiger partial charge on any atom is -0.387 e. The van der Waals surface area contributed by atoms with Crippen LogP contribution in [0, 0.1) is 0 Å². The monoisotopic (exact) mass is 724 g/mol. The predicted octanol–water partition coefficient (Wildman–Crippen LogP) is 10.3. The van der Waals surface area contributed by atoms with Crippen molar-refractivity contribution in [3.8, 4) is 0 Å². The minimum atomic E-state index is -4.34. The summed E-state index contributed by atoms with van der Waals surface area (Å²) in [6.07, 6.45) is 41.4. The number of nitrogens with zero attached hydrogens (tertiary/aromatic N) is 1. The van der Waals surface area contributed by atoms with E-state index in [4.69, 9.17) is 9.05 Å². The molecule has 0 aliphatic heterocycles. The Balaban J connectivity index is 4.53. The van der Waals surface area contributed by atoms with Crippen molar-refractivity contribution in [2.45, 2.75) is 154 Å². The molecule has 0 radical (unpaired) electrons. The molecule has 8 nitrogen and oxygen atoms in total. The average Bonchev–Trinajstić information content (AvgIpc) is 3.06. The molecule has 3 unspecified atom stereocenters. The lowest BCUT2D eigenvalue weighted by Gasteiger charge is -2.25. The molecule has 3 atom stereocenters. The third-order valence-corrected chi connectivity index (χ3v) is 9.21.